The zero-order valence-corrected chi connectivity index (χ0v) is 60.1. The van der Waals surface area contributed by atoms with E-state index in [1.165, 1.54) is 0 Å². The Morgan fingerprint density at radius 3 is 1.60 bits per heavy atom. The molecule has 25 nitrogen and oxygen atoms in total. The third-order valence-corrected chi connectivity index (χ3v) is 19.2. The predicted octanol–water partition coefficient (Wildman–Crippen LogP) is 3.88. The van der Waals surface area contributed by atoms with Crippen molar-refractivity contribution >= 4 is 107 Å². The fraction of sp³-hybridized carbons (Fsp3) is 0.569. The van der Waals surface area contributed by atoms with Gasteiger partial charge in [-0.05, 0) is 62.6 Å². The van der Waals surface area contributed by atoms with Crippen molar-refractivity contribution in [2.45, 2.75) is 194 Å². The first kappa shape index (κ1) is 86.0. The van der Waals surface area contributed by atoms with Crippen LogP contribution in [0.4, 0.5) is 11.4 Å². The van der Waals surface area contributed by atoms with E-state index in [0.29, 0.717) is 45.2 Å². The second kappa shape index (κ2) is 47.0. The Labute approximate surface area is 583 Å². The van der Waals surface area contributed by atoms with Gasteiger partial charge in [-0.2, -0.15) is 9.59 Å². The van der Waals surface area contributed by atoms with E-state index in [4.69, 9.17) is 38.3 Å². The van der Waals surface area contributed by atoms with Crippen LogP contribution in [0.25, 0.3) is 0 Å². The number of unbranched alkanes of at least 4 members (excludes halogenated alkanes) is 2. The molecule has 0 saturated carbocycles. The van der Waals surface area contributed by atoms with Crippen LogP contribution in [-0.4, -0.2) is 142 Å². The second-order valence-corrected chi connectivity index (χ2v) is 28.6. The Balaban J connectivity index is 0.0000107. The minimum absolute atomic E-state index is 0.0983. The molecule has 16 N–H and O–H groups in total. The summed E-state index contributed by atoms with van der Waals surface area (Å²) < 4.78 is 0.961. The third kappa shape index (κ3) is 34.4. The number of primary amides is 2. The number of ketones is 5. The molecular weight excluding hydrogens is 1320 g/mol. The van der Waals surface area contributed by atoms with Gasteiger partial charge in [0.25, 0.3) is 0 Å². The summed E-state index contributed by atoms with van der Waals surface area (Å²) in [4.78, 5) is 179. The predicted molar refractivity (Wildman–Crippen MR) is 375 cm³/mol. The van der Waals surface area contributed by atoms with Gasteiger partial charge in [-0.3, -0.25) is 28.8 Å². The molecule has 0 aromatic heterocycles. The normalized spacial score (nSPS) is 13.5. The maximum Gasteiger partial charge on any atom is 0.373 e. The van der Waals surface area contributed by atoms with E-state index in [2.05, 4.69) is 31.9 Å². The third-order valence-electron chi connectivity index (χ3n) is 16.4. The molecule has 7 amide bonds. The minimum Gasteiger partial charge on any atom is -0.186 e. The number of aryl methyl sites for hydroxylation is 1. The van der Waals surface area contributed by atoms with Gasteiger partial charge in [0.1, 0.15) is 0 Å². The Bertz CT molecular complexity index is 3140. The molecule has 3 aromatic carbocycles. The SMILES string of the molecule is Cc1ccccc1Nc1cccc([Se]C[C@H](CC(=O)CNC(=O)CCC(=O)[C@H](Cc2ccccc2)NC(=O)[C@@H](N)CC(C)C)C(=O)NCC(=O)C[C@@H](CC(C)C)C(=O)N[C@@H](CC(C)C)C(=O)C[C@@H](CCCCN)C(=O)N[C@@H](CC(N)=O)C(=O)C[C@@H](CCCCN)C(N)=O)c1C.O=C=O. The maximum atomic E-state index is 14.4. The zero-order chi connectivity index (χ0) is 73.4. The molecule has 0 bridgehead atoms. The van der Waals surface area contributed by atoms with E-state index in [-0.39, 0.29) is 115 Å². The molecule has 8 atom stereocenters. The molecular formula is C72H107N11O14Se. The first-order valence-electron chi connectivity index (χ1n) is 33.8. The van der Waals surface area contributed by atoms with Gasteiger partial charge in [-0.15, -0.1) is 0 Å². The quantitative estimate of drug-likeness (QED) is 0.0282. The van der Waals surface area contributed by atoms with Crippen molar-refractivity contribution < 1.29 is 67.1 Å². The molecule has 0 aliphatic carbocycles. The van der Waals surface area contributed by atoms with Crippen LogP contribution in [0.15, 0.2) is 72.8 Å². The molecule has 0 radical (unpaired) electrons. The first-order chi connectivity index (χ1) is 46.4. The van der Waals surface area contributed by atoms with Gasteiger partial charge >= 0.3 is 308 Å². The topological polar surface area (TPSA) is 441 Å². The molecule has 0 aliphatic heterocycles. The molecule has 3 aromatic rings. The maximum absolute atomic E-state index is 14.4. The van der Waals surface area contributed by atoms with Crippen LogP contribution in [0.1, 0.15) is 161 Å². The average Bonchev–Trinajstić information content (AvgIpc) is 0.885. The van der Waals surface area contributed by atoms with Gasteiger partial charge in [-0.1, -0.05) is 70.9 Å². The monoisotopic (exact) mass is 1430 g/mol. The van der Waals surface area contributed by atoms with E-state index in [0.717, 1.165) is 32.5 Å². The van der Waals surface area contributed by atoms with Crippen LogP contribution in [0.2, 0.25) is 5.32 Å². The molecule has 0 heterocycles. The number of hydrogen-bond acceptors (Lipinski definition) is 18. The van der Waals surface area contributed by atoms with E-state index >= 15 is 0 Å². The summed E-state index contributed by atoms with van der Waals surface area (Å²) in [6.07, 6.45) is 1.29. The Kier molecular flexibility index (Phi) is 41.2. The summed E-state index contributed by atoms with van der Waals surface area (Å²) in [5.74, 6) is -10.9. The van der Waals surface area contributed by atoms with Crippen LogP contribution in [0, 0.1) is 55.3 Å². The van der Waals surface area contributed by atoms with Crippen molar-refractivity contribution in [3.05, 3.63) is 89.5 Å². The Morgan fingerprint density at radius 2 is 1.02 bits per heavy atom. The number of nitrogens with two attached hydrogens (primary N) is 5. The molecule has 26 heteroatoms. The molecule has 3 rings (SSSR count). The average molecular weight is 1430 g/mol. The van der Waals surface area contributed by atoms with Crippen LogP contribution in [-0.2, 0) is 73.5 Å². The number of anilines is 2. The number of carbonyl (C=O) groups is 12. The Morgan fingerprint density at radius 1 is 0.500 bits per heavy atom. The van der Waals surface area contributed by atoms with Crippen molar-refractivity contribution in [3.8, 4) is 0 Å². The van der Waals surface area contributed by atoms with Crippen molar-refractivity contribution in [3.63, 3.8) is 0 Å². The molecule has 98 heavy (non-hydrogen) atoms. The zero-order valence-electron chi connectivity index (χ0n) is 58.3. The summed E-state index contributed by atoms with van der Waals surface area (Å²) in [5, 5.41) is 17.3. The smallest absolute Gasteiger partial charge is 0.186 e. The van der Waals surface area contributed by atoms with E-state index in [9.17, 15) is 57.5 Å². The van der Waals surface area contributed by atoms with E-state index in [1.54, 1.807) is 0 Å². The van der Waals surface area contributed by atoms with Gasteiger partial charge in [0.05, 0.1) is 18.5 Å². The van der Waals surface area contributed by atoms with Gasteiger partial charge in [-0.25, -0.2) is 0 Å². The van der Waals surface area contributed by atoms with Crippen molar-refractivity contribution in [2.24, 2.45) is 70.1 Å². The van der Waals surface area contributed by atoms with E-state index in [1.807, 2.05) is 128 Å². The van der Waals surface area contributed by atoms with Gasteiger partial charge in [0, 0.05) is 24.7 Å². The number of hydrogen-bond donors (Lipinski definition) is 11. The number of para-hydroxylation sites is 1. The van der Waals surface area contributed by atoms with Gasteiger partial charge in [0.15, 0.2) is 5.78 Å². The van der Waals surface area contributed by atoms with Crippen LogP contribution < -0.4 is 65.0 Å². The van der Waals surface area contributed by atoms with Crippen LogP contribution in [0.5, 0.6) is 0 Å². The summed E-state index contributed by atoms with van der Waals surface area (Å²) in [6.45, 7) is 15.0. The van der Waals surface area contributed by atoms with Crippen LogP contribution in [0.3, 0.4) is 0 Å². The Hall–Kier alpha value is -8.12. The fourth-order valence-corrected chi connectivity index (χ4v) is 13.4. The van der Waals surface area contributed by atoms with E-state index < -0.39 is 138 Å². The molecule has 0 saturated heterocycles. The first-order valence-corrected chi connectivity index (χ1v) is 35.9. The van der Waals surface area contributed by atoms with Crippen molar-refractivity contribution in [1.29, 1.82) is 0 Å². The summed E-state index contributed by atoms with van der Waals surface area (Å²) >= 11 is -0.388. The van der Waals surface area contributed by atoms with Gasteiger partial charge in [0.2, 0.25) is 23.6 Å². The number of benzene rings is 3. The fourth-order valence-electron chi connectivity index (χ4n) is 11.0. The van der Waals surface area contributed by atoms with Crippen molar-refractivity contribution in [1.82, 2.24) is 26.6 Å². The second-order valence-electron chi connectivity index (χ2n) is 26.3. The largest absolute Gasteiger partial charge is 0.373 e. The summed E-state index contributed by atoms with van der Waals surface area (Å²) in [7, 11) is 0. The van der Waals surface area contributed by atoms with Gasteiger partial charge < -0.3 is 34.0 Å². The number of nitrogens with one attached hydrogen (secondary N) is 6. The minimum atomic E-state index is -1.41. The molecule has 0 fully saturated rings. The number of Topliss-reactive ketones (excluding diaryl/α,β-unsaturated/α-hetero) is 5. The molecule has 0 spiro atoms. The summed E-state index contributed by atoms with van der Waals surface area (Å²) in [5.41, 5.74) is 33.3. The number of rotatable bonds is 49. The molecule has 0 aliphatic rings. The van der Waals surface area contributed by atoms with Crippen molar-refractivity contribution in [2.75, 3.05) is 31.5 Å². The number of amides is 7. The number of carbonyl (C=O) groups excluding carboxylic acids is 14. The molecule has 0 unspecified atom stereocenters. The standard InChI is InChI=1S/C71H107N11O12Se.CO2/c1-43(2)31-51(70(93)80-58(33-45(5)6)63(87)38-50(23-15-17-30-73)69(92)81-60(39-65(75)88)62(86)37-49(67(76)90)22-14-16-29-72)35-53(83)41-78-68(91)52(42-95-64-26-18-25-57(47(64)8)79-56-24-13-12-19-46(56)7)36-54(84)40-77-66(89)28-27-61(85)59(34-48-20-10-9-11-21-48)82-71(94)55(74)32-44(3)4;2-1-3/h9-13,18-21,24-26,43-45,49-52,55,58-60,79H,14-17,22-23,27-42,72-74H2,1-8H3,(H2,75,88)(H2,76,90)(H,77,89)(H,78,91)(H,80,93)(H,81,92)(H,82,94);/t49-,50-,51-,52+,55+,58+,59+,60+;/m1./s1. The molecule has 540 valence electrons. The summed E-state index contributed by atoms with van der Waals surface area (Å²) in [6, 6.07) is 18.5. The van der Waals surface area contributed by atoms with Crippen LogP contribution >= 0.6 is 0 Å².